The molecule has 3 nitrogen and oxygen atoms in total. The van der Waals surface area contributed by atoms with Gasteiger partial charge < -0.3 is 0 Å². The molecule has 102 valence electrons. The van der Waals surface area contributed by atoms with Crippen LogP contribution in [-0.4, -0.2) is 15.2 Å². The second kappa shape index (κ2) is 6.41. The number of hydrogen-bond acceptors (Lipinski definition) is 2. The standard InChI is InChI=1S/C14H17F2N3/c1-2-3-7-12-17-13(19-18-12)9-8-10-5-4-6-11(15)14(10)16/h4-6H,2-3,7-9H2,1H3,(H,17,18,19). The van der Waals surface area contributed by atoms with E-state index in [1.165, 1.54) is 6.07 Å². The summed E-state index contributed by atoms with van der Waals surface area (Å²) in [5.74, 6) is -0.0771. The van der Waals surface area contributed by atoms with Crippen molar-refractivity contribution in [3.63, 3.8) is 0 Å². The second-order valence-electron chi connectivity index (χ2n) is 4.51. The van der Waals surface area contributed by atoms with Crippen molar-refractivity contribution in [3.05, 3.63) is 47.0 Å². The third-order valence-corrected chi connectivity index (χ3v) is 2.99. The zero-order valence-electron chi connectivity index (χ0n) is 10.9. The maximum Gasteiger partial charge on any atom is 0.162 e. The van der Waals surface area contributed by atoms with Gasteiger partial charge in [-0.1, -0.05) is 25.5 Å². The molecule has 0 spiro atoms. The first-order valence-electron chi connectivity index (χ1n) is 6.53. The number of H-pyrrole nitrogens is 1. The molecule has 0 aliphatic carbocycles. The number of rotatable bonds is 6. The summed E-state index contributed by atoms with van der Waals surface area (Å²) < 4.78 is 26.5. The Balaban J connectivity index is 1.95. The summed E-state index contributed by atoms with van der Waals surface area (Å²) >= 11 is 0. The number of aryl methyl sites for hydroxylation is 3. The van der Waals surface area contributed by atoms with E-state index in [1.807, 2.05) is 0 Å². The Bertz CT molecular complexity index is 537. The van der Waals surface area contributed by atoms with E-state index in [1.54, 1.807) is 6.07 Å². The lowest BCUT2D eigenvalue weighted by Crippen LogP contribution is -1.98. The van der Waals surface area contributed by atoms with E-state index in [9.17, 15) is 8.78 Å². The molecule has 0 bridgehead atoms. The normalized spacial score (nSPS) is 10.9. The third kappa shape index (κ3) is 3.59. The van der Waals surface area contributed by atoms with Crippen molar-refractivity contribution in [1.29, 1.82) is 0 Å². The molecular formula is C14H17F2N3. The van der Waals surface area contributed by atoms with Crippen LogP contribution in [0.1, 0.15) is 37.0 Å². The Morgan fingerprint density at radius 3 is 2.79 bits per heavy atom. The first kappa shape index (κ1) is 13.6. The Kier molecular flexibility index (Phi) is 4.60. The predicted molar refractivity (Wildman–Crippen MR) is 68.8 cm³/mol. The monoisotopic (exact) mass is 265 g/mol. The summed E-state index contributed by atoms with van der Waals surface area (Å²) in [5.41, 5.74) is 0.361. The highest BCUT2D eigenvalue weighted by Gasteiger charge is 2.09. The molecule has 0 aliphatic heterocycles. The second-order valence-corrected chi connectivity index (χ2v) is 4.51. The molecule has 1 aromatic heterocycles. The maximum atomic E-state index is 13.5. The van der Waals surface area contributed by atoms with Crippen molar-refractivity contribution in [2.45, 2.75) is 39.0 Å². The van der Waals surface area contributed by atoms with Crippen molar-refractivity contribution >= 4 is 0 Å². The quantitative estimate of drug-likeness (QED) is 0.871. The van der Waals surface area contributed by atoms with Gasteiger partial charge in [-0.2, -0.15) is 5.10 Å². The summed E-state index contributed by atoms with van der Waals surface area (Å²) in [5, 5.41) is 6.96. The van der Waals surface area contributed by atoms with E-state index < -0.39 is 11.6 Å². The molecule has 0 unspecified atom stereocenters. The van der Waals surface area contributed by atoms with Crippen LogP contribution in [0.2, 0.25) is 0 Å². The smallest absolute Gasteiger partial charge is 0.162 e. The highest BCUT2D eigenvalue weighted by Crippen LogP contribution is 2.13. The van der Waals surface area contributed by atoms with Gasteiger partial charge in [0.1, 0.15) is 5.82 Å². The van der Waals surface area contributed by atoms with Crippen molar-refractivity contribution in [1.82, 2.24) is 15.2 Å². The van der Waals surface area contributed by atoms with Crippen LogP contribution in [0.3, 0.4) is 0 Å². The molecule has 0 amide bonds. The largest absolute Gasteiger partial charge is 0.263 e. The van der Waals surface area contributed by atoms with Gasteiger partial charge >= 0.3 is 0 Å². The van der Waals surface area contributed by atoms with Crippen molar-refractivity contribution in [3.8, 4) is 0 Å². The number of hydrogen-bond donors (Lipinski definition) is 1. The van der Waals surface area contributed by atoms with E-state index in [2.05, 4.69) is 22.1 Å². The number of aromatic nitrogens is 3. The van der Waals surface area contributed by atoms with Crippen LogP contribution in [0.5, 0.6) is 0 Å². The van der Waals surface area contributed by atoms with Gasteiger partial charge in [-0.25, -0.2) is 13.8 Å². The molecule has 1 heterocycles. The van der Waals surface area contributed by atoms with Crippen molar-refractivity contribution in [2.24, 2.45) is 0 Å². The molecule has 1 aromatic carbocycles. The van der Waals surface area contributed by atoms with E-state index in [-0.39, 0.29) is 0 Å². The van der Waals surface area contributed by atoms with Gasteiger partial charge in [0.05, 0.1) is 0 Å². The summed E-state index contributed by atoms with van der Waals surface area (Å²) in [6.45, 7) is 2.12. The SMILES string of the molecule is CCCCc1nc(CCc2cccc(F)c2F)n[nH]1. The van der Waals surface area contributed by atoms with Crippen LogP contribution >= 0.6 is 0 Å². The zero-order chi connectivity index (χ0) is 13.7. The molecule has 0 saturated heterocycles. The first-order chi connectivity index (χ1) is 9.20. The van der Waals surface area contributed by atoms with Gasteiger partial charge in [0.15, 0.2) is 17.5 Å². The molecule has 0 aliphatic rings. The summed E-state index contributed by atoms with van der Waals surface area (Å²) in [6, 6.07) is 4.22. The molecular weight excluding hydrogens is 248 g/mol. The Hall–Kier alpha value is -1.78. The summed E-state index contributed by atoms with van der Waals surface area (Å²) in [7, 11) is 0. The molecule has 0 atom stereocenters. The molecule has 1 N–H and O–H groups in total. The highest BCUT2D eigenvalue weighted by molar-refractivity contribution is 5.19. The summed E-state index contributed by atoms with van der Waals surface area (Å²) in [6.07, 6.45) is 3.94. The predicted octanol–water partition coefficient (Wildman–Crippen LogP) is 3.21. The fourth-order valence-electron chi connectivity index (χ4n) is 1.89. The number of halogens is 2. The van der Waals surface area contributed by atoms with Crippen LogP contribution < -0.4 is 0 Å². The summed E-state index contributed by atoms with van der Waals surface area (Å²) in [4.78, 5) is 4.33. The molecule has 2 aromatic rings. The van der Waals surface area contributed by atoms with Gasteiger partial charge in [-0.3, -0.25) is 5.10 Å². The minimum atomic E-state index is -0.809. The number of nitrogens with one attached hydrogen (secondary N) is 1. The van der Waals surface area contributed by atoms with Crippen molar-refractivity contribution in [2.75, 3.05) is 0 Å². The lowest BCUT2D eigenvalue weighted by molar-refractivity contribution is 0.498. The maximum absolute atomic E-state index is 13.5. The number of unbranched alkanes of at least 4 members (excludes halogenated alkanes) is 1. The van der Waals surface area contributed by atoms with E-state index in [4.69, 9.17) is 0 Å². The molecule has 19 heavy (non-hydrogen) atoms. The Labute approximate surface area is 111 Å². The lowest BCUT2D eigenvalue weighted by Gasteiger charge is -2.01. The van der Waals surface area contributed by atoms with Crippen LogP contribution in [0.25, 0.3) is 0 Å². The minimum absolute atomic E-state index is 0.361. The van der Waals surface area contributed by atoms with Crippen molar-refractivity contribution < 1.29 is 8.78 Å². The zero-order valence-corrected chi connectivity index (χ0v) is 10.9. The Morgan fingerprint density at radius 2 is 2.00 bits per heavy atom. The van der Waals surface area contributed by atoms with E-state index >= 15 is 0 Å². The lowest BCUT2D eigenvalue weighted by atomic mass is 10.1. The molecule has 5 heteroatoms. The fraction of sp³-hybridized carbons (Fsp3) is 0.429. The average molecular weight is 265 g/mol. The van der Waals surface area contributed by atoms with Gasteiger partial charge in [-0.05, 0) is 24.5 Å². The van der Waals surface area contributed by atoms with E-state index in [0.29, 0.717) is 24.2 Å². The van der Waals surface area contributed by atoms with Gasteiger partial charge in [0.2, 0.25) is 0 Å². The minimum Gasteiger partial charge on any atom is -0.263 e. The topological polar surface area (TPSA) is 41.6 Å². The third-order valence-electron chi connectivity index (χ3n) is 2.99. The van der Waals surface area contributed by atoms with Crippen LogP contribution in [-0.2, 0) is 19.3 Å². The molecule has 0 saturated carbocycles. The number of aromatic amines is 1. The average Bonchev–Trinajstić information content (AvgIpc) is 2.86. The fourth-order valence-corrected chi connectivity index (χ4v) is 1.89. The van der Waals surface area contributed by atoms with Crippen LogP contribution in [0.15, 0.2) is 18.2 Å². The first-order valence-corrected chi connectivity index (χ1v) is 6.53. The van der Waals surface area contributed by atoms with Gasteiger partial charge in [0.25, 0.3) is 0 Å². The van der Waals surface area contributed by atoms with Crippen LogP contribution in [0, 0.1) is 11.6 Å². The number of benzene rings is 1. The van der Waals surface area contributed by atoms with Gasteiger partial charge in [0, 0.05) is 12.8 Å². The molecule has 0 fully saturated rings. The van der Waals surface area contributed by atoms with Crippen LogP contribution in [0.4, 0.5) is 8.78 Å². The van der Waals surface area contributed by atoms with Gasteiger partial charge in [-0.15, -0.1) is 0 Å². The van der Waals surface area contributed by atoms with E-state index in [0.717, 1.165) is 31.2 Å². The Morgan fingerprint density at radius 1 is 1.16 bits per heavy atom. The molecule has 0 radical (unpaired) electrons. The molecule has 2 rings (SSSR count). The number of nitrogens with zero attached hydrogens (tertiary/aromatic N) is 2. The highest BCUT2D eigenvalue weighted by atomic mass is 19.2.